The average molecular weight is 489 g/mol. The highest BCUT2D eigenvalue weighted by Crippen LogP contribution is 2.36. The molecule has 0 saturated heterocycles. The Hall–Kier alpha value is -4.46. The maximum atomic E-state index is 13.6. The average Bonchev–Trinajstić information content (AvgIpc) is 3.21. The lowest BCUT2D eigenvalue weighted by Crippen LogP contribution is -2.30. The fraction of sp³-hybridized carbons (Fsp3) is 0.179. The summed E-state index contributed by atoms with van der Waals surface area (Å²) < 4.78 is 23.6. The van der Waals surface area contributed by atoms with Gasteiger partial charge in [0, 0.05) is 11.4 Å². The van der Waals surface area contributed by atoms with Gasteiger partial charge in [-0.25, -0.2) is 14.0 Å². The molecule has 0 unspecified atom stereocenters. The van der Waals surface area contributed by atoms with Crippen molar-refractivity contribution in [2.24, 2.45) is 0 Å². The fourth-order valence-electron chi connectivity index (χ4n) is 3.87. The molecule has 1 N–H and O–H groups in total. The van der Waals surface area contributed by atoms with Crippen molar-refractivity contribution in [1.82, 2.24) is 0 Å². The van der Waals surface area contributed by atoms with E-state index in [1.54, 1.807) is 85.5 Å². The lowest BCUT2D eigenvalue weighted by atomic mass is 10.1. The van der Waals surface area contributed by atoms with Gasteiger partial charge in [-0.2, -0.15) is 0 Å². The number of hydrogen-bond acceptors (Lipinski definition) is 6. The molecule has 7 nitrogen and oxygen atoms in total. The summed E-state index contributed by atoms with van der Waals surface area (Å²) in [6.07, 6.45) is 1.76. The number of carbonyl (C=O) groups excluding carboxylic acids is 3. The molecule has 1 aliphatic heterocycles. The van der Waals surface area contributed by atoms with E-state index in [4.69, 9.17) is 9.47 Å². The van der Waals surface area contributed by atoms with Gasteiger partial charge in [-0.3, -0.25) is 9.69 Å². The molecule has 1 aliphatic rings. The first-order valence-corrected chi connectivity index (χ1v) is 11.5. The number of anilines is 2. The molecule has 3 aromatic carbocycles. The summed E-state index contributed by atoms with van der Waals surface area (Å²) in [5, 5.41) is 3.12. The van der Waals surface area contributed by atoms with Gasteiger partial charge in [-0.15, -0.1) is 0 Å². The number of rotatable bonds is 8. The molecular formula is C28H25FN2O5. The molecular weight excluding hydrogens is 463 g/mol. The number of esters is 2. The van der Waals surface area contributed by atoms with Crippen molar-refractivity contribution in [2.75, 3.05) is 23.4 Å². The van der Waals surface area contributed by atoms with E-state index in [1.807, 2.05) is 0 Å². The lowest BCUT2D eigenvalue weighted by Gasteiger charge is -2.25. The van der Waals surface area contributed by atoms with Crippen molar-refractivity contribution in [3.8, 4) is 0 Å². The molecule has 0 spiro atoms. The topological polar surface area (TPSA) is 84.9 Å². The van der Waals surface area contributed by atoms with E-state index >= 15 is 0 Å². The molecule has 8 heteroatoms. The van der Waals surface area contributed by atoms with Crippen LogP contribution in [0.25, 0.3) is 0 Å². The number of benzene rings is 3. The third-order valence-corrected chi connectivity index (χ3v) is 5.60. The molecule has 36 heavy (non-hydrogen) atoms. The second kappa shape index (κ2) is 10.9. The summed E-state index contributed by atoms with van der Waals surface area (Å²) in [4.78, 5) is 39.0. The van der Waals surface area contributed by atoms with Gasteiger partial charge in [-0.1, -0.05) is 12.1 Å². The van der Waals surface area contributed by atoms with Gasteiger partial charge in [-0.05, 0) is 86.2 Å². The van der Waals surface area contributed by atoms with E-state index in [1.165, 1.54) is 12.1 Å². The number of hydrogen-bond donors (Lipinski definition) is 1. The third-order valence-electron chi connectivity index (χ3n) is 5.60. The van der Waals surface area contributed by atoms with Gasteiger partial charge in [0.15, 0.2) is 0 Å². The van der Waals surface area contributed by atoms with Crippen LogP contribution < -0.4 is 10.2 Å². The summed E-state index contributed by atoms with van der Waals surface area (Å²) >= 11 is 0. The Morgan fingerprint density at radius 1 is 0.833 bits per heavy atom. The summed E-state index contributed by atoms with van der Waals surface area (Å²) in [5.41, 5.74) is 2.99. The van der Waals surface area contributed by atoms with Crippen LogP contribution in [0.2, 0.25) is 0 Å². The molecule has 1 heterocycles. The molecule has 1 amide bonds. The first kappa shape index (κ1) is 24.7. The van der Waals surface area contributed by atoms with Gasteiger partial charge in [0.2, 0.25) is 0 Å². The summed E-state index contributed by atoms with van der Waals surface area (Å²) in [5.74, 6) is -1.55. The molecule has 0 aliphatic carbocycles. The van der Waals surface area contributed by atoms with Crippen LogP contribution in [-0.4, -0.2) is 31.1 Å². The number of amides is 1. The zero-order valence-corrected chi connectivity index (χ0v) is 19.9. The molecule has 0 radical (unpaired) electrons. The number of carbonyl (C=O) groups is 3. The zero-order chi connectivity index (χ0) is 25.7. The summed E-state index contributed by atoms with van der Waals surface area (Å²) in [6.45, 7) is 4.01. The Morgan fingerprint density at radius 3 is 1.89 bits per heavy atom. The highest BCUT2D eigenvalue weighted by Gasteiger charge is 2.35. The normalized spacial score (nSPS) is 14.9. The zero-order valence-electron chi connectivity index (χ0n) is 19.9. The fourth-order valence-corrected chi connectivity index (χ4v) is 3.87. The molecule has 3 aromatic rings. The van der Waals surface area contributed by atoms with Crippen LogP contribution in [0.4, 0.5) is 15.8 Å². The summed E-state index contributed by atoms with van der Waals surface area (Å²) in [6, 6.07) is 18.6. The largest absolute Gasteiger partial charge is 0.462 e. The van der Waals surface area contributed by atoms with Crippen LogP contribution in [0.1, 0.15) is 46.2 Å². The molecule has 0 bridgehead atoms. The van der Waals surface area contributed by atoms with Crippen LogP contribution in [0, 0.1) is 5.82 Å². The van der Waals surface area contributed by atoms with Crippen LogP contribution in [0.5, 0.6) is 0 Å². The first-order valence-electron chi connectivity index (χ1n) is 11.5. The van der Waals surface area contributed by atoms with E-state index in [0.29, 0.717) is 33.8 Å². The molecule has 0 aromatic heterocycles. The van der Waals surface area contributed by atoms with Crippen molar-refractivity contribution >= 4 is 29.2 Å². The van der Waals surface area contributed by atoms with Crippen molar-refractivity contribution in [1.29, 1.82) is 0 Å². The molecule has 4 rings (SSSR count). The Bertz CT molecular complexity index is 1290. The molecule has 184 valence electrons. The molecule has 0 saturated carbocycles. The summed E-state index contributed by atoms with van der Waals surface area (Å²) in [7, 11) is 0. The van der Waals surface area contributed by atoms with Crippen molar-refractivity contribution in [3.63, 3.8) is 0 Å². The highest BCUT2D eigenvalue weighted by atomic mass is 19.1. The number of nitrogens with one attached hydrogen (secondary N) is 1. The Balaban J connectivity index is 1.62. The smallest absolute Gasteiger partial charge is 0.338 e. The maximum Gasteiger partial charge on any atom is 0.338 e. The lowest BCUT2D eigenvalue weighted by molar-refractivity contribution is -0.114. The second-order valence-electron chi connectivity index (χ2n) is 7.94. The monoisotopic (exact) mass is 488 g/mol. The number of nitrogens with zero attached hydrogens (tertiary/aromatic N) is 1. The van der Waals surface area contributed by atoms with Gasteiger partial charge < -0.3 is 14.8 Å². The predicted octanol–water partition coefficient (Wildman–Crippen LogP) is 5.26. The van der Waals surface area contributed by atoms with Crippen molar-refractivity contribution in [3.05, 3.63) is 107 Å². The Kier molecular flexibility index (Phi) is 7.44. The van der Waals surface area contributed by atoms with Gasteiger partial charge in [0.1, 0.15) is 11.5 Å². The van der Waals surface area contributed by atoms with Gasteiger partial charge in [0.05, 0.1) is 30.4 Å². The Morgan fingerprint density at radius 2 is 1.36 bits per heavy atom. The van der Waals surface area contributed by atoms with Crippen molar-refractivity contribution in [2.45, 2.75) is 19.9 Å². The SMILES string of the molecule is CCOC(=O)c1ccc(NC2=C[C@H](c3ccc(F)cc3)N(c3ccc(C(=O)OCC)cc3)C2=O)cc1. The second-order valence-corrected chi connectivity index (χ2v) is 7.94. The van der Waals surface area contributed by atoms with Crippen molar-refractivity contribution < 1.29 is 28.2 Å². The van der Waals surface area contributed by atoms with E-state index in [0.717, 1.165) is 0 Å². The minimum Gasteiger partial charge on any atom is -0.462 e. The van der Waals surface area contributed by atoms with Crippen LogP contribution in [-0.2, 0) is 14.3 Å². The quantitative estimate of drug-likeness (QED) is 0.435. The molecule has 1 atom stereocenters. The predicted molar refractivity (Wildman–Crippen MR) is 133 cm³/mol. The highest BCUT2D eigenvalue weighted by molar-refractivity contribution is 6.11. The van der Waals surface area contributed by atoms with Gasteiger partial charge >= 0.3 is 11.9 Å². The third kappa shape index (κ3) is 5.27. The minimum atomic E-state index is -0.507. The standard InChI is InChI=1S/C28H25FN2O5/c1-3-35-27(33)19-7-13-22(14-8-19)30-24-17-25(18-5-11-21(29)12-6-18)31(26(24)32)23-15-9-20(10-16-23)28(34)36-4-2/h5-17,25,30H,3-4H2,1-2H3/t25-/m1/s1. The Labute approximate surface area is 208 Å². The van der Waals surface area contributed by atoms with Crippen LogP contribution >= 0.6 is 0 Å². The first-order chi connectivity index (χ1) is 17.4. The molecule has 0 fully saturated rings. The maximum absolute atomic E-state index is 13.6. The number of halogens is 1. The minimum absolute atomic E-state index is 0.261. The van der Waals surface area contributed by atoms with Gasteiger partial charge in [0.25, 0.3) is 5.91 Å². The van der Waals surface area contributed by atoms with E-state index < -0.39 is 18.0 Å². The van der Waals surface area contributed by atoms with E-state index in [2.05, 4.69) is 5.32 Å². The van der Waals surface area contributed by atoms with Crippen LogP contribution in [0.15, 0.2) is 84.6 Å². The van der Waals surface area contributed by atoms with E-state index in [-0.39, 0.29) is 24.9 Å². The number of ether oxygens (including phenoxy) is 2. The van der Waals surface area contributed by atoms with Crippen LogP contribution in [0.3, 0.4) is 0 Å². The van der Waals surface area contributed by atoms with E-state index in [9.17, 15) is 18.8 Å².